The van der Waals surface area contributed by atoms with Gasteiger partial charge in [-0.1, -0.05) is 30.3 Å². The number of amides is 2. The molecule has 0 aliphatic rings. The Morgan fingerprint density at radius 1 is 1.04 bits per heavy atom. The minimum absolute atomic E-state index is 0.160. The monoisotopic (exact) mass is 321 g/mol. The summed E-state index contributed by atoms with van der Waals surface area (Å²) in [5.74, 6) is -0.329. The lowest BCUT2D eigenvalue weighted by Gasteiger charge is -2.07. The fraction of sp³-hybridized carbons (Fsp3) is 0.0556. The summed E-state index contributed by atoms with van der Waals surface area (Å²) in [6, 6.07) is 15.8. The lowest BCUT2D eigenvalue weighted by atomic mass is 10.1. The molecule has 3 rings (SSSR count). The molecule has 3 aromatic rings. The second kappa shape index (κ2) is 6.37. The summed E-state index contributed by atoms with van der Waals surface area (Å²) < 4.78 is 5.57. The van der Waals surface area contributed by atoms with E-state index in [0.717, 1.165) is 5.56 Å². The third kappa shape index (κ3) is 3.03. The van der Waals surface area contributed by atoms with Crippen LogP contribution in [-0.4, -0.2) is 16.8 Å². The van der Waals surface area contributed by atoms with E-state index >= 15 is 0 Å². The van der Waals surface area contributed by atoms with Crippen molar-refractivity contribution >= 4 is 17.5 Å². The quantitative estimate of drug-likeness (QED) is 0.771. The molecule has 0 radical (unpaired) electrons. The summed E-state index contributed by atoms with van der Waals surface area (Å²) in [6.45, 7) is 1.66. The number of primary amides is 1. The molecule has 0 bridgehead atoms. The van der Waals surface area contributed by atoms with Crippen LogP contribution in [0.25, 0.3) is 11.5 Å². The molecule has 0 aliphatic carbocycles. The third-order valence-corrected chi connectivity index (χ3v) is 3.47. The Bertz CT molecular complexity index is 901. The smallest absolute Gasteiger partial charge is 0.277 e. The van der Waals surface area contributed by atoms with Crippen LogP contribution in [0.15, 0.2) is 59.0 Å². The second-order valence-corrected chi connectivity index (χ2v) is 5.15. The Labute approximate surface area is 138 Å². The van der Waals surface area contributed by atoms with E-state index in [0.29, 0.717) is 17.3 Å². The largest absolute Gasteiger partial charge is 0.441 e. The number of aromatic nitrogens is 1. The number of aryl methyl sites for hydroxylation is 1. The highest BCUT2D eigenvalue weighted by Crippen LogP contribution is 2.22. The highest BCUT2D eigenvalue weighted by molar-refractivity contribution is 6.08. The third-order valence-electron chi connectivity index (χ3n) is 3.47. The number of anilines is 1. The van der Waals surface area contributed by atoms with Crippen LogP contribution in [-0.2, 0) is 0 Å². The van der Waals surface area contributed by atoms with Crippen molar-refractivity contribution in [3.05, 3.63) is 71.6 Å². The number of hydrogen-bond donors (Lipinski definition) is 2. The highest BCUT2D eigenvalue weighted by Gasteiger charge is 2.19. The van der Waals surface area contributed by atoms with Crippen LogP contribution in [0.5, 0.6) is 0 Å². The molecule has 0 unspecified atom stereocenters. The molecule has 1 heterocycles. The number of hydrogen-bond acceptors (Lipinski definition) is 4. The number of carbonyl (C=O) groups excluding carboxylic acids is 2. The lowest BCUT2D eigenvalue weighted by molar-refractivity contribution is 0.100. The maximum atomic E-state index is 12.5. The SMILES string of the molecule is Cc1oc(-c2ccccc2)nc1C(=O)Nc1ccccc1C(N)=O. The minimum atomic E-state index is -0.618. The van der Waals surface area contributed by atoms with E-state index in [1.165, 1.54) is 0 Å². The normalized spacial score (nSPS) is 10.4. The average Bonchev–Trinajstić information content (AvgIpc) is 2.98. The Morgan fingerprint density at radius 2 is 1.71 bits per heavy atom. The first kappa shape index (κ1) is 15.5. The molecule has 0 aliphatic heterocycles. The Hall–Kier alpha value is -3.41. The van der Waals surface area contributed by atoms with Gasteiger partial charge >= 0.3 is 0 Å². The number of benzene rings is 2. The van der Waals surface area contributed by atoms with Crippen LogP contribution in [0.3, 0.4) is 0 Å². The molecular formula is C18H15N3O3. The van der Waals surface area contributed by atoms with Crippen molar-refractivity contribution < 1.29 is 14.0 Å². The van der Waals surface area contributed by atoms with Crippen LogP contribution in [0, 0.1) is 6.92 Å². The molecular weight excluding hydrogens is 306 g/mol. The summed E-state index contributed by atoms with van der Waals surface area (Å²) in [5, 5.41) is 2.65. The van der Waals surface area contributed by atoms with Gasteiger partial charge in [0.15, 0.2) is 5.69 Å². The van der Waals surface area contributed by atoms with Crippen molar-refractivity contribution in [3.63, 3.8) is 0 Å². The van der Waals surface area contributed by atoms with Gasteiger partial charge in [0.05, 0.1) is 11.3 Å². The van der Waals surface area contributed by atoms with Crippen LogP contribution in [0.2, 0.25) is 0 Å². The average molecular weight is 321 g/mol. The predicted octanol–water partition coefficient (Wildman–Crippen LogP) is 3.00. The summed E-state index contributed by atoms with van der Waals surface area (Å²) in [7, 11) is 0. The number of nitrogens with two attached hydrogens (primary N) is 1. The van der Waals surface area contributed by atoms with E-state index in [2.05, 4.69) is 10.3 Å². The van der Waals surface area contributed by atoms with E-state index in [1.807, 2.05) is 30.3 Å². The number of rotatable bonds is 4. The predicted molar refractivity (Wildman–Crippen MR) is 89.6 cm³/mol. The van der Waals surface area contributed by atoms with Crippen LogP contribution >= 0.6 is 0 Å². The van der Waals surface area contributed by atoms with Gasteiger partial charge in [0.2, 0.25) is 5.89 Å². The zero-order valence-electron chi connectivity index (χ0n) is 12.9. The Morgan fingerprint density at radius 3 is 2.42 bits per heavy atom. The summed E-state index contributed by atoms with van der Waals surface area (Å²) >= 11 is 0. The first-order chi connectivity index (χ1) is 11.6. The highest BCUT2D eigenvalue weighted by atomic mass is 16.4. The number of nitrogens with one attached hydrogen (secondary N) is 1. The van der Waals surface area contributed by atoms with Crippen molar-refractivity contribution in [1.82, 2.24) is 4.98 Å². The van der Waals surface area contributed by atoms with Gasteiger partial charge in [-0.15, -0.1) is 0 Å². The molecule has 0 spiro atoms. The van der Waals surface area contributed by atoms with Gasteiger partial charge in [0.1, 0.15) is 5.76 Å². The number of carbonyl (C=O) groups is 2. The molecule has 120 valence electrons. The molecule has 0 saturated carbocycles. The number of para-hydroxylation sites is 1. The van der Waals surface area contributed by atoms with Crippen LogP contribution < -0.4 is 11.1 Å². The van der Waals surface area contributed by atoms with Crippen molar-refractivity contribution in [2.24, 2.45) is 5.73 Å². The van der Waals surface area contributed by atoms with Gasteiger partial charge in [-0.3, -0.25) is 9.59 Å². The van der Waals surface area contributed by atoms with Gasteiger partial charge < -0.3 is 15.5 Å². The number of nitrogens with zero attached hydrogens (tertiary/aromatic N) is 1. The first-order valence-electron chi connectivity index (χ1n) is 7.29. The zero-order chi connectivity index (χ0) is 17.1. The van der Waals surface area contributed by atoms with Crippen LogP contribution in [0.1, 0.15) is 26.6 Å². The zero-order valence-corrected chi connectivity index (χ0v) is 12.9. The van der Waals surface area contributed by atoms with E-state index in [9.17, 15) is 9.59 Å². The van der Waals surface area contributed by atoms with E-state index in [-0.39, 0.29) is 11.3 Å². The van der Waals surface area contributed by atoms with Crippen LogP contribution in [0.4, 0.5) is 5.69 Å². The minimum Gasteiger partial charge on any atom is -0.441 e. The molecule has 6 nitrogen and oxygen atoms in total. The van der Waals surface area contributed by atoms with Gasteiger partial charge in [0.25, 0.3) is 11.8 Å². The molecule has 2 amide bonds. The fourth-order valence-electron chi connectivity index (χ4n) is 2.30. The molecule has 24 heavy (non-hydrogen) atoms. The molecule has 6 heteroatoms. The van der Waals surface area contributed by atoms with Crippen molar-refractivity contribution in [2.75, 3.05) is 5.32 Å². The van der Waals surface area contributed by atoms with Gasteiger partial charge in [0, 0.05) is 5.56 Å². The first-order valence-corrected chi connectivity index (χ1v) is 7.29. The Kier molecular flexibility index (Phi) is 4.11. The van der Waals surface area contributed by atoms with E-state index in [4.69, 9.17) is 10.2 Å². The van der Waals surface area contributed by atoms with E-state index in [1.54, 1.807) is 31.2 Å². The lowest BCUT2D eigenvalue weighted by Crippen LogP contribution is -2.19. The fourth-order valence-corrected chi connectivity index (χ4v) is 2.30. The van der Waals surface area contributed by atoms with Crippen molar-refractivity contribution in [2.45, 2.75) is 6.92 Å². The standard InChI is InChI=1S/C18H15N3O3/c1-11-15(21-18(24-11)12-7-3-2-4-8-12)17(23)20-14-10-6-5-9-13(14)16(19)22/h2-10H,1H3,(H2,19,22)(H,20,23). The molecule has 1 aromatic heterocycles. The second-order valence-electron chi connectivity index (χ2n) is 5.15. The summed E-state index contributed by atoms with van der Waals surface area (Å²) in [4.78, 5) is 28.2. The van der Waals surface area contributed by atoms with Gasteiger partial charge in [-0.2, -0.15) is 0 Å². The molecule has 0 saturated heterocycles. The molecule has 0 fully saturated rings. The Balaban J connectivity index is 1.89. The van der Waals surface area contributed by atoms with Gasteiger partial charge in [-0.25, -0.2) is 4.98 Å². The molecule has 2 aromatic carbocycles. The number of oxazole rings is 1. The van der Waals surface area contributed by atoms with Gasteiger partial charge in [-0.05, 0) is 31.2 Å². The van der Waals surface area contributed by atoms with E-state index < -0.39 is 11.8 Å². The topological polar surface area (TPSA) is 98.2 Å². The summed E-state index contributed by atoms with van der Waals surface area (Å²) in [6.07, 6.45) is 0. The van der Waals surface area contributed by atoms with Crippen molar-refractivity contribution in [1.29, 1.82) is 0 Å². The maximum Gasteiger partial charge on any atom is 0.277 e. The maximum absolute atomic E-state index is 12.5. The molecule has 0 atom stereocenters. The van der Waals surface area contributed by atoms with Crippen molar-refractivity contribution in [3.8, 4) is 11.5 Å². The summed E-state index contributed by atoms with van der Waals surface area (Å²) in [5.41, 5.74) is 6.81. The molecule has 3 N–H and O–H groups in total.